The topological polar surface area (TPSA) is 67.8 Å². The van der Waals surface area contributed by atoms with Crippen molar-refractivity contribution in [3.8, 4) is 5.75 Å². The Morgan fingerprint density at radius 1 is 1.30 bits per heavy atom. The molecule has 27 heavy (non-hydrogen) atoms. The van der Waals surface area contributed by atoms with Crippen LogP contribution in [-0.4, -0.2) is 36.4 Å². The molecular formula is C21H24FNO4. The van der Waals surface area contributed by atoms with Crippen molar-refractivity contribution in [1.82, 2.24) is 5.32 Å². The normalized spacial score (nSPS) is 19.5. The first-order chi connectivity index (χ1) is 13.0. The summed E-state index contributed by atoms with van der Waals surface area (Å²) >= 11 is 0. The predicted molar refractivity (Wildman–Crippen MR) is 99.0 cm³/mol. The van der Waals surface area contributed by atoms with Crippen molar-refractivity contribution in [2.75, 3.05) is 13.2 Å². The summed E-state index contributed by atoms with van der Waals surface area (Å²) < 4.78 is 24.7. The van der Waals surface area contributed by atoms with E-state index in [1.165, 1.54) is 12.1 Å². The van der Waals surface area contributed by atoms with E-state index in [0.717, 1.165) is 16.7 Å². The molecule has 0 spiro atoms. The van der Waals surface area contributed by atoms with E-state index in [-0.39, 0.29) is 36.9 Å². The van der Waals surface area contributed by atoms with Crippen molar-refractivity contribution in [1.29, 1.82) is 0 Å². The molecule has 0 aliphatic carbocycles. The number of carbonyl (C=O) groups excluding carboxylic acids is 1. The van der Waals surface area contributed by atoms with Gasteiger partial charge in [0.1, 0.15) is 17.7 Å². The van der Waals surface area contributed by atoms with Crippen LogP contribution in [-0.2, 0) is 22.6 Å². The Morgan fingerprint density at radius 3 is 2.78 bits per heavy atom. The molecule has 1 aliphatic heterocycles. The van der Waals surface area contributed by atoms with E-state index < -0.39 is 0 Å². The zero-order valence-corrected chi connectivity index (χ0v) is 15.3. The van der Waals surface area contributed by atoms with Gasteiger partial charge in [0.15, 0.2) is 0 Å². The van der Waals surface area contributed by atoms with Gasteiger partial charge in [0, 0.05) is 6.61 Å². The van der Waals surface area contributed by atoms with E-state index in [4.69, 9.17) is 14.6 Å². The van der Waals surface area contributed by atoms with Crippen LogP contribution in [0, 0.1) is 12.7 Å². The predicted octanol–water partition coefficient (Wildman–Crippen LogP) is 2.52. The lowest BCUT2D eigenvalue weighted by atomic mass is 10.0. The zero-order chi connectivity index (χ0) is 19.2. The first-order valence-corrected chi connectivity index (χ1v) is 9.04. The standard InChI is InChI=1S/C21H24FNO4/c1-14-10-17(22)5-4-16(14)11-21(25)23-19-8-9-26-13-20(19)27-18-6-2-15(12-24)3-7-18/h2-7,10,19-20,24H,8-9,11-13H2,1H3,(H,23,25)/t19-,20-/m1/s1. The Labute approximate surface area is 158 Å². The van der Waals surface area contributed by atoms with Crippen LogP contribution in [0.25, 0.3) is 0 Å². The molecule has 2 aromatic carbocycles. The summed E-state index contributed by atoms with van der Waals surface area (Å²) in [4.78, 5) is 12.5. The van der Waals surface area contributed by atoms with Gasteiger partial charge in [-0.3, -0.25) is 4.79 Å². The number of amides is 1. The second kappa shape index (κ2) is 8.97. The molecule has 144 valence electrons. The molecule has 1 amide bonds. The molecule has 2 atom stereocenters. The summed E-state index contributed by atoms with van der Waals surface area (Å²) in [6.07, 6.45) is 0.562. The number of hydrogen-bond acceptors (Lipinski definition) is 4. The van der Waals surface area contributed by atoms with E-state index >= 15 is 0 Å². The highest BCUT2D eigenvalue weighted by atomic mass is 19.1. The van der Waals surface area contributed by atoms with Gasteiger partial charge >= 0.3 is 0 Å². The molecule has 1 saturated heterocycles. The smallest absolute Gasteiger partial charge is 0.224 e. The lowest BCUT2D eigenvalue weighted by molar-refractivity contribution is -0.123. The zero-order valence-electron chi connectivity index (χ0n) is 15.3. The quantitative estimate of drug-likeness (QED) is 0.817. The molecule has 0 saturated carbocycles. The fourth-order valence-electron chi connectivity index (χ4n) is 3.13. The summed E-state index contributed by atoms with van der Waals surface area (Å²) in [5.41, 5.74) is 2.37. The van der Waals surface area contributed by atoms with Gasteiger partial charge in [-0.25, -0.2) is 4.39 Å². The number of aliphatic hydroxyl groups is 1. The Morgan fingerprint density at radius 2 is 2.07 bits per heavy atom. The van der Waals surface area contributed by atoms with Crippen LogP contribution >= 0.6 is 0 Å². The van der Waals surface area contributed by atoms with Gasteiger partial charge in [-0.1, -0.05) is 18.2 Å². The van der Waals surface area contributed by atoms with Gasteiger partial charge < -0.3 is 19.9 Å². The molecule has 2 N–H and O–H groups in total. The van der Waals surface area contributed by atoms with Crippen LogP contribution in [0.3, 0.4) is 0 Å². The number of carbonyl (C=O) groups is 1. The maximum Gasteiger partial charge on any atom is 0.224 e. The number of benzene rings is 2. The average molecular weight is 373 g/mol. The molecule has 0 aromatic heterocycles. The van der Waals surface area contributed by atoms with Crippen molar-refractivity contribution in [2.45, 2.75) is 38.5 Å². The van der Waals surface area contributed by atoms with Crippen LogP contribution in [0.1, 0.15) is 23.1 Å². The number of aliphatic hydroxyl groups excluding tert-OH is 1. The summed E-state index contributed by atoms with van der Waals surface area (Å²) in [5.74, 6) is 0.235. The third-order valence-electron chi connectivity index (χ3n) is 4.70. The van der Waals surface area contributed by atoms with Gasteiger partial charge in [0.25, 0.3) is 0 Å². The minimum Gasteiger partial charge on any atom is -0.486 e. The molecule has 6 heteroatoms. The van der Waals surface area contributed by atoms with Crippen LogP contribution < -0.4 is 10.1 Å². The summed E-state index contributed by atoms with van der Waals surface area (Å²) in [6.45, 7) is 2.72. The number of halogens is 1. The first-order valence-electron chi connectivity index (χ1n) is 9.04. The number of nitrogens with one attached hydrogen (secondary N) is 1. The molecule has 0 bridgehead atoms. The Bertz CT molecular complexity index is 778. The molecule has 1 heterocycles. The maximum absolute atomic E-state index is 13.2. The van der Waals surface area contributed by atoms with Crippen LogP contribution in [0.4, 0.5) is 4.39 Å². The van der Waals surface area contributed by atoms with Crippen molar-refractivity contribution in [3.05, 3.63) is 65.0 Å². The molecule has 5 nitrogen and oxygen atoms in total. The van der Waals surface area contributed by atoms with Gasteiger partial charge in [0.2, 0.25) is 5.91 Å². The van der Waals surface area contributed by atoms with E-state index in [9.17, 15) is 9.18 Å². The second-order valence-electron chi connectivity index (χ2n) is 6.74. The Balaban J connectivity index is 1.61. The number of aryl methyl sites for hydroxylation is 1. The van der Waals surface area contributed by atoms with E-state index in [1.807, 2.05) is 0 Å². The van der Waals surface area contributed by atoms with Crippen molar-refractivity contribution < 1.29 is 23.8 Å². The van der Waals surface area contributed by atoms with Crippen LogP contribution in [0.2, 0.25) is 0 Å². The van der Waals surface area contributed by atoms with Gasteiger partial charge in [-0.2, -0.15) is 0 Å². The van der Waals surface area contributed by atoms with Gasteiger partial charge in [0.05, 0.1) is 25.7 Å². The van der Waals surface area contributed by atoms with Gasteiger partial charge in [-0.15, -0.1) is 0 Å². The highest BCUT2D eigenvalue weighted by molar-refractivity contribution is 5.79. The summed E-state index contributed by atoms with van der Waals surface area (Å²) in [6, 6.07) is 11.5. The lowest BCUT2D eigenvalue weighted by Gasteiger charge is -2.32. The Hall–Kier alpha value is -2.44. The van der Waals surface area contributed by atoms with Crippen molar-refractivity contribution >= 4 is 5.91 Å². The fourth-order valence-corrected chi connectivity index (χ4v) is 3.13. The van der Waals surface area contributed by atoms with E-state index in [0.29, 0.717) is 25.4 Å². The minimum atomic E-state index is -0.304. The SMILES string of the molecule is Cc1cc(F)ccc1CC(=O)N[C@@H]1CCOC[C@H]1Oc1ccc(CO)cc1. The highest BCUT2D eigenvalue weighted by Crippen LogP contribution is 2.19. The lowest BCUT2D eigenvalue weighted by Crippen LogP contribution is -2.51. The van der Waals surface area contributed by atoms with E-state index in [2.05, 4.69) is 5.32 Å². The molecular weight excluding hydrogens is 349 g/mol. The van der Waals surface area contributed by atoms with Crippen LogP contribution in [0.15, 0.2) is 42.5 Å². The van der Waals surface area contributed by atoms with Crippen molar-refractivity contribution in [3.63, 3.8) is 0 Å². The van der Waals surface area contributed by atoms with Crippen LogP contribution in [0.5, 0.6) is 5.75 Å². The molecule has 0 unspecified atom stereocenters. The molecule has 1 fully saturated rings. The molecule has 2 aromatic rings. The summed E-state index contributed by atoms with van der Waals surface area (Å²) in [5, 5.41) is 12.1. The largest absolute Gasteiger partial charge is 0.486 e. The fraction of sp³-hybridized carbons (Fsp3) is 0.381. The maximum atomic E-state index is 13.2. The first kappa shape index (κ1) is 19.3. The monoisotopic (exact) mass is 373 g/mol. The third-order valence-corrected chi connectivity index (χ3v) is 4.70. The van der Waals surface area contributed by atoms with E-state index in [1.54, 1.807) is 37.3 Å². The third kappa shape index (κ3) is 5.28. The van der Waals surface area contributed by atoms with Gasteiger partial charge in [-0.05, 0) is 54.3 Å². The average Bonchev–Trinajstić information content (AvgIpc) is 2.66. The molecule has 1 aliphatic rings. The Kier molecular flexibility index (Phi) is 6.42. The number of rotatable bonds is 6. The van der Waals surface area contributed by atoms with Crippen molar-refractivity contribution in [2.24, 2.45) is 0 Å². The second-order valence-corrected chi connectivity index (χ2v) is 6.74. The molecule has 0 radical (unpaired) electrons. The number of hydrogen-bond donors (Lipinski definition) is 2. The summed E-state index contributed by atoms with van der Waals surface area (Å²) in [7, 11) is 0. The molecule has 3 rings (SSSR count). The number of ether oxygens (including phenoxy) is 2. The minimum absolute atomic E-state index is 0.0195. The highest BCUT2D eigenvalue weighted by Gasteiger charge is 2.29.